The van der Waals surface area contributed by atoms with E-state index in [1.165, 1.54) is 0 Å². The summed E-state index contributed by atoms with van der Waals surface area (Å²) in [6.07, 6.45) is 1.63. The Bertz CT molecular complexity index is 350. The van der Waals surface area contributed by atoms with Gasteiger partial charge < -0.3 is 10.9 Å². The minimum Gasteiger partial charge on any atom is -0.409 e. The lowest BCUT2D eigenvalue weighted by atomic mass is 10.2. The lowest BCUT2D eigenvalue weighted by Crippen LogP contribution is -2.29. The van der Waals surface area contributed by atoms with Gasteiger partial charge in [0.2, 0.25) is 0 Å². The number of oxime groups is 1. The van der Waals surface area contributed by atoms with E-state index in [4.69, 9.17) is 10.9 Å². The molecule has 4 N–H and O–H groups in total. The largest absolute Gasteiger partial charge is 0.409 e. The van der Waals surface area contributed by atoms with Crippen LogP contribution in [0.4, 0.5) is 0 Å². The molecule has 0 amide bonds. The molecule has 0 fully saturated rings. The van der Waals surface area contributed by atoms with Crippen molar-refractivity contribution in [2.75, 3.05) is 14.1 Å². The van der Waals surface area contributed by atoms with Crippen LogP contribution in [-0.2, 0) is 6.54 Å². The molecular weight excluding hydrogens is 194 g/mol. The molecule has 1 aromatic heterocycles. The number of rotatable bonds is 4. The number of nitrogens with two attached hydrogens (primary N) is 1. The second-order valence-corrected chi connectivity index (χ2v) is 3.26. The Hall–Kier alpha value is -1.66. The maximum Gasteiger partial charge on any atom is 0.188 e. The molecule has 6 nitrogen and oxygen atoms in total. The summed E-state index contributed by atoms with van der Waals surface area (Å²) in [6, 6.07) is 3.64. The summed E-state index contributed by atoms with van der Waals surface area (Å²) in [6.45, 7) is 0.668. The van der Waals surface area contributed by atoms with Crippen LogP contribution in [0.3, 0.4) is 0 Å². The number of nitrogens with one attached hydrogen (secondary N) is 1. The lowest BCUT2D eigenvalue weighted by Gasteiger charge is -2.11. The van der Waals surface area contributed by atoms with Crippen LogP contribution >= 0.6 is 0 Å². The topological polar surface area (TPSA) is 86.8 Å². The molecule has 82 valence electrons. The van der Waals surface area contributed by atoms with Crippen LogP contribution in [-0.4, -0.2) is 35.1 Å². The van der Waals surface area contributed by atoms with E-state index >= 15 is 0 Å². The van der Waals surface area contributed by atoms with Crippen LogP contribution in [0, 0.1) is 0 Å². The predicted molar refractivity (Wildman–Crippen MR) is 57.3 cm³/mol. The van der Waals surface area contributed by atoms with Crippen molar-refractivity contribution in [1.82, 2.24) is 15.4 Å². The fourth-order valence-electron chi connectivity index (χ4n) is 1.02. The van der Waals surface area contributed by atoms with Gasteiger partial charge in [0, 0.05) is 26.8 Å². The number of pyridine rings is 1. The van der Waals surface area contributed by atoms with Crippen molar-refractivity contribution in [3.63, 3.8) is 0 Å². The van der Waals surface area contributed by atoms with Crippen molar-refractivity contribution in [2.45, 2.75) is 6.54 Å². The van der Waals surface area contributed by atoms with E-state index in [-0.39, 0.29) is 5.84 Å². The van der Waals surface area contributed by atoms with Crippen LogP contribution in [0.25, 0.3) is 0 Å². The van der Waals surface area contributed by atoms with Crippen LogP contribution in [0.5, 0.6) is 0 Å². The van der Waals surface area contributed by atoms with Gasteiger partial charge in [-0.25, -0.2) is 0 Å². The molecule has 0 unspecified atom stereocenters. The minimum atomic E-state index is 0.0155. The molecule has 6 heteroatoms. The van der Waals surface area contributed by atoms with E-state index in [1.807, 2.05) is 25.2 Å². The molecule has 0 radical (unpaired) electrons. The highest BCUT2D eigenvalue weighted by atomic mass is 16.4. The van der Waals surface area contributed by atoms with Gasteiger partial charge in [0.1, 0.15) is 5.69 Å². The molecule has 1 rings (SSSR count). The van der Waals surface area contributed by atoms with Gasteiger partial charge in [-0.05, 0) is 17.7 Å². The van der Waals surface area contributed by atoms with E-state index in [9.17, 15) is 0 Å². The number of amidine groups is 1. The van der Waals surface area contributed by atoms with Crippen molar-refractivity contribution >= 4 is 5.84 Å². The molecular formula is C9H15N5O. The highest BCUT2D eigenvalue weighted by Gasteiger charge is 2.02. The molecule has 1 heterocycles. The highest BCUT2D eigenvalue weighted by Crippen LogP contribution is 2.01. The minimum absolute atomic E-state index is 0.0155. The monoisotopic (exact) mass is 209 g/mol. The molecule has 0 saturated carbocycles. The lowest BCUT2D eigenvalue weighted by molar-refractivity contribution is 0.286. The van der Waals surface area contributed by atoms with Gasteiger partial charge in [-0.1, -0.05) is 5.16 Å². The van der Waals surface area contributed by atoms with Gasteiger partial charge in [0.15, 0.2) is 5.84 Å². The van der Waals surface area contributed by atoms with E-state index in [1.54, 1.807) is 12.3 Å². The first-order chi connectivity index (χ1) is 7.13. The first-order valence-electron chi connectivity index (χ1n) is 4.47. The molecule has 0 aliphatic rings. The summed E-state index contributed by atoms with van der Waals surface area (Å²) in [5.74, 6) is 0.0155. The standard InChI is InChI=1S/C9H15N5O/c1-14(2)12-6-7-3-4-11-8(5-7)9(10)13-15/h3-5,12,15H,6H2,1-2H3,(H2,10,13). The Balaban J connectivity index is 2.74. The zero-order chi connectivity index (χ0) is 11.3. The maximum atomic E-state index is 8.50. The summed E-state index contributed by atoms with van der Waals surface area (Å²) in [5, 5.41) is 13.2. The second-order valence-electron chi connectivity index (χ2n) is 3.26. The predicted octanol–water partition coefficient (Wildman–Crippen LogP) is -0.258. The van der Waals surface area contributed by atoms with Crippen molar-refractivity contribution in [3.8, 4) is 0 Å². The third-order valence-electron chi connectivity index (χ3n) is 1.79. The van der Waals surface area contributed by atoms with Gasteiger partial charge in [0.25, 0.3) is 0 Å². The Kier molecular flexibility index (Phi) is 4.02. The number of nitrogens with zero attached hydrogens (tertiary/aromatic N) is 3. The Morgan fingerprint density at radius 1 is 1.67 bits per heavy atom. The van der Waals surface area contributed by atoms with Crippen LogP contribution < -0.4 is 11.2 Å². The van der Waals surface area contributed by atoms with E-state index in [0.29, 0.717) is 12.2 Å². The summed E-state index contributed by atoms with van der Waals surface area (Å²) in [5.41, 5.74) is 10.0. The summed E-state index contributed by atoms with van der Waals surface area (Å²) in [7, 11) is 3.82. The molecule has 0 aliphatic heterocycles. The average Bonchev–Trinajstić information content (AvgIpc) is 2.25. The fourth-order valence-corrected chi connectivity index (χ4v) is 1.02. The molecule has 0 atom stereocenters. The van der Waals surface area contributed by atoms with Gasteiger partial charge >= 0.3 is 0 Å². The molecule has 0 spiro atoms. The first-order valence-corrected chi connectivity index (χ1v) is 4.47. The van der Waals surface area contributed by atoms with E-state index < -0.39 is 0 Å². The van der Waals surface area contributed by atoms with Gasteiger partial charge in [-0.3, -0.25) is 15.4 Å². The zero-order valence-electron chi connectivity index (χ0n) is 8.81. The Labute approximate surface area is 88.4 Å². The SMILES string of the molecule is CN(C)NCc1ccnc(/C(N)=N/O)c1. The van der Waals surface area contributed by atoms with Gasteiger partial charge in [-0.15, -0.1) is 0 Å². The Morgan fingerprint density at radius 2 is 2.40 bits per heavy atom. The third-order valence-corrected chi connectivity index (χ3v) is 1.79. The number of hydrazine groups is 1. The van der Waals surface area contributed by atoms with Crippen molar-refractivity contribution < 1.29 is 5.21 Å². The van der Waals surface area contributed by atoms with Gasteiger partial charge in [-0.2, -0.15) is 0 Å². The molecule has 0 saturated heterocycles. The molecule has 0 bridgehead atoms. The number of aromatic nitrogens is 1. The molecule has 15 heavy (non-hydrogen) atoms. The quantitative estimate of drug-likeness (QED) is 0.275. The normalized spacial score (nSPS) is 12.1. The van der Waals surface area contributed by atoms with Crippen molar-refractivity contribution in [3.05, 3.63) is 29.6 Å². The summed E-state index contributed by atoms with van der Waals surface area (Å²) in [4.78, 5) is 3.98. The maximum absolute atomic E-state index is 8.50. The van der Waals surface area contributed by atoms with Crippen LogP contribution in [0.1, 0.15) is 11.3 Å². The summed E-state index contributed by atoms with van der Waals surface area (Å²) < 4.78 is 0. The van der Waals surface area contributed by atoms with Gasteiger partial charge in [0.05, 0.1) is 0 Å². The fraction of sp³-hybridized carbons (Fsp3) is 0.333. The van der Waals surface area contributed by atoms with E-state index in [0.717, 1.165) is 5.56 Å². The van der Waals surface area contributed by atoms with Crippen molar-refractivity contribution in [2.24, 2.45) is 10.9 Å². The zero-order valence-corrected chi connectivity index (χ0v) is 8.81. The third kappa shape index (κ3) is 3.53. The van der Waals surface area contributed by atoms with Crippen molar-refractivity contribution in [1.29, 1.82) is 0 Å². The molecule has 1 aromatic rings. The number of hydrogen-bond donors (Lipinski definition) is 3. The first kappa shape index (κ1) is 11.4. The van der Waals surface area contributed by atoms with Crippen LogP contribution in [0.2, 0.25) is 0 Å². The highest BCUT2D eigenvalue weighted by molar-refractivity contribution is 5.95. The smallest absolute Gasteiger partial charge is 0.188 e. The molecule has 0 aliphatic carbocycles. The Morgan fingerprint density at radius 3 is 3.00 bits per heavy atom. The average molecular weight is 209 g/mol. The summed E-state index contributed by atoms with van der Waals surface area (Å²) >= 11 is 0. The van der Waals surface area contributed by atoms with Crippen LogP contribution in [0.15, 0.2) is 23.5 Å². The van der Waals surface area contributed by atoms with E-state index in [2.05, 4.69) is 15.6 Å². The second kappa shape index (κ2) is 5.28. The number of hydrogen-bond acceptors (Lipinski definition) is 5. The molecule has 0 aromatic carbocycles.